The third-order valence-corrected chi connectivity index (χ3v) is 4.91. The van der Waals surface area contributed by atoms with Crippen molar-refractivity contribution in [2.75, 3.05) is 50.0 Å². The third kappa shape index (κ3) is 8.22. The van der Waals surface area contributed by atoms with Crippen LogP contribution in [0.4, 0.5) is 24.8 Å². The minimum Gasteiger partial charge on any atom is -0.379 e. The van der Waals surface area contributed by atoms with Gasteiger partial charge in [0.2, 0.25) is 11.9 Å². The van der Waals surface area contributed by atoms with Crippen LogP contribution in [0.5, 0.6) is 0 Å². The second-order valence-corrected chi connectivity index (χ2v) is 7.85. The van der Waals surface area contributed by atoms with Crippen molar-refractivity contribution < 1.29 is 17.9 Å². The molecule has 0 aliphatic carbocycles. The number of hydrogen-bond acceptors (Lipinski definition) is 6. The smallest absolute Gasteiger partial charge is 0.379 e. The first kappa shape index (κ1) is 24.8. The Kier molecular flexibility index (Phi) is 8.53. The Morgan fingerprint density at radius 2 is 1.73 bits per heavy atom. The van der Waals surface area contributed by atoms with Gasteiger partial charge in [-0.2, -0.15) is 13.2 Å². The molecule has 3 N–H and O–H groups in total. The van der Waals surface area contributed by atoms with Crippen LogP contribution < -0.4 is 16.0 Å². The third-order valence-electron chi connectivity index (χ3n) is 4.70. The number of benzene rings is 1. The molecule has 3 rings (SSSR count). The summed E-state index contributed by atoms with van der Waals surface area (Å²) in [4.78, 5) is 15.5. The van der Waals surface area contributed by atoms with Gasteiger partial charge in [-0.15, -0.1) is 0 Å². The Morgan fingerprint density at radius 1 is 1.09 bits per heavy atom. The van der Waals surface area contributed by atoms with E-state index in [2.05, 4.69) is 35.8 Å². The van der Waals surface area contributed by atoms with Crippen LogP contribution >= 0.6 is 12.2 Å². The number of nitrogens with one attached hydrogen (secondary N) is 3. The molecule has 12 heteroatoms. The largest absolute Gasteiger partial charge is 0.416 e. The zero-order valence-corrected chi connectivity index (χ0v) is 19.2. The summed E-state index contributed by atoms with van der Waals surface area (Å²) < 4.78 is 43.7. The molecular weight excluding hydrogens is 455 g/mol. The van der Waals surface area contributed by atoms with E-state index >= 15 is 0 Å². The molecule has 1 aromatic heterocycles. The van der Waals surface area contributed by atoms with Gasteiger partial charge < -0.3 is 15.4 Å². The number of aliphatic imine (C=N–C) groups is 1. The van der Waals surface area contributed by atoms with Crippen molar-refractivity contribution in [2.24, 2.45) is 4.99 Å². The molecule has 2 heterocycles. The molecule has 0 saturated carbocycles. The number of rotatable bonds is 5. The topological polar surface area (TPSA) is 86.7 Å². The van der Waals surface area contributed by atoms with E-state index in [0.29, 0.717) is 37.4 Å². The first-order chi connectivity index (χ1) is 15.7. The van der Waals surface area contributed by atoms with Gasteiger partial charge in [0.05, 0.1) is 25.3 Å². The normalized spacial score (nSPS) is 15.2. The predicted octanol–water partition coefficient (Wildman–Crippen LogP) is 3.20. The Balaban J connectivity index is 1.66. The van der Waals surface area contributed by atoms with Crippen molar-refractivity contribution in [1.29, 1.82) is 0 Å². The fourth-order valence-corrected chi connectivity index (χ4v) is 3.35. The van der Waals surface area contributed by atoms with Gasteiger partial charge in [-0.05, 0) is 56.4 Å². The molecule has 178 valence electrons. The summed E-state index contributed by atoms with van der Waals surface area (Å²) in [6, 6.07) is 6.46. The Morgan fingerprint density at radius 3 is 2.33 bits per heavy atom. The number of guanidine groups is 1. The summed E-state index contributed by atoms with van der Waals surface area (Å²) >= 11 is 5.33. The molecule has 33 heavy (non-hydrogen) atoms. The summed E-state index contributed by atoms with van der Waals surface area (Å²) in [5.41, 5.74) is 1.27. The number of anilines is 2. The summed E-state index contributed by atoms with van der Waals surface area (Å²) in [7, 11) is 0. The van der Waals surface area contributed by atoms with E-state index in [4.69, 9.17) is 17.0 Å². The average molecular weight is 482 g/mol. The van der Waals surface area contributed by atoms with Crippen molar-refractivity contribution in [3.63, 3.8) is 0 Å². The Labute approximate surface area is 195 Å². The minimum atomic E-state index is -4.40. The Hall–Kier alpha value is -2.83. The lowest BCUT2D eigenvalue weighted by molar-refractivity contribution is -0.137. The highest BCUT2D eigenvalue weighted by Gasteiger charge is 2.29. The van der Waals surface area contributed by atoms with Crippen LogP contribution in [0.2, 0.25) is 0 Å². The number of alkyl halides is 3. The number of morpholine rings is 1. The Bertz CT molecular complexity index is 957. The molecule has 2 aromatic rings. The van der Waals surface area contributed by atoms with Crippen LogP contribution in [0.15, 0.2) is 35.3 Å². The minimum absolute atomic E-state index is 0.164. The molecule has 8 nitrogen and oxygen atoms in total. The van der Waals surface area contributed by atoms with E-state index in [9.17, 15) is 13.2 Å². The van der Waals surface area contributed by atoms with Gasteiger partial charge in [0.1, 0.15) is 0 Å². The van der Waals surface area contributed by atoms with Crippen LogP contribution in [0.3, 0.4) is 0 Å². The summed E-state index contributed by atoms with van der Waals surface area (Å²) in [6.07, 6.45) is -4.40. The number of hydrogen-bond donors (Lipinski definition) is 3. The van der Waals surface area contributed by atoms with E-state index in [1.807, 2.05) is 19.9 Å². The lowest BCUT2D eigenvalue weighted by atomic mass is 10.2. The van der Waals surface area contributed by atoms with Crippen molar-refractivity contribution in [3.05, 3.63) is 47.3 Å². The van der Waals surface area contributed by atoms with Gasteiger partial charge >= 0.3 is 6.18 Å². The number of aryl methyl sites for hydroxylation is 2. The molecule has 1 fully saturated rings. The first-order valence-corrected chi connectivity index (χ1v) is 10.8. The second kappa shape index (κ2) is 11.3. The van der Waals surface area contributed by atoms with Crippen LogP contribution in [-0.4, -0.2) is 65.3 Å². The average Bonchev–Trinajstić information content (AvgIpc) is 2.73. The van der Waals surface area contributed by atoms with Gasteiger partial charge in [0.15, 0.2) is 5.11 Å². The highest BCUT2D eigenvalue weighted by molar-refractivity contribution is 7.80. The van der Waals surface area contributed by atoms with E-state index in [1.54, 1.807) is 0 Å². The van der Waals surface area contributed by atoms with Crippen LogP contribution in [0.1, 0.15) is 17.0 Å². The molecule has 1 saturated heterocycles. The fraction of sp³-hybridized carbons (Fsp3) is 0.429. The molecular formula is C21H26F3N7OS. The molecule has 1 aliphatic rings. The van der Waals surface area contributed by atoms with Crippen molar-refractivity contribution in [3.8, 4) is 0 Å². The van der Waals surface area contributed by atoms with E-state index in [0.717, 1.165) is 43.2 Å². The summed E-state index contributed by atoms with van der Waals surface area (Å²) in [5, 5.41) is 9.02. The fourth-order valence-electron chi connectivity index (χ4n) is 3.14. The summed E-state index contributed by atoms with van der Waals surface area (Å²) in [6.45, 7) is 8.04. The monoisotopic (exact) mass is 481 g/mol. The second-order valence-electron chi connectivity index (χ2n) is 7.44. The quantitative estimate of drug-likeness (QED) is 0.341. The predicted molar refractivity (Wildman–Crippen MR) is 125 cm³/mol. The van der Waals surface area contributed by atoms with Gasteiger partial charge in [-0.3, -0.25) is 15.2 Å². The van der Waals surface area contributed by atoms with Crippen LogP contribution in [0.25, 0.3) is 0 Å². The molecule has 0 radical (unpaired) electrons. The van der Waals surface area contributed by atoms with Gasteiger partial charge in [0, 0.05) is 36.7 Å². The van der Waals surface area contributed by atoms with Crippen molar-refractivity contribution >= 4 is 34.9 Å². The lowest BCUT2D eigenvalue weighted by Gasteiger charge is -2.25. The first-order valence-electron chi connectivity index (χ1n) is 10.4. The maximum Gasteiger partial charge on any atom is 0.416 e. The highest BCUT2D eigenvalue weighted by Crippen LogP contribution is 2.29. The standard InChI is InChI=1S/C21H26F3N7OS/c1-14-13-15(2)27-19(26-14)29-18(25-7-8-31-9-11-32-12-10-31)30-20(33)28-17-5-3-16(4-6-17)21(22,23)24/h3-6,13H,7-12H2,1-2H3,(H3,25,26,27,28,29,30,33). The lowest BCUT2D eigenvalue weighted by Crippen LogP contribution is -2.41. The molecule has 1 aliphatic heterocycles. The van der Waals surface area contributed by atoms with E-state index in [1.165, 1.54) is 12.1 Å². The maximum atomic E-state index is 12.8. The SMILES string of the molecule is Cc1cc(C)nc(NC(=NCCN2CCOCC2)NC(=S)Nc2ccc(C(F)(F)F)cc2)n1. The zero-order valence-electron chi connectivity index (χ0n) is 18.4. The number of aromatic nitrogens is 2. The van der Waals surface area contributed by atoms with Gasteiger partial charge in [-0.25, -0.2) is 9.97 Å². The van der Waals surface area contributed by atoms with Crippen LogP contribution in [0, 0.1) is 13.8 Å². The molecule has 1 aromatic carbocycles. The van der Waals surface area contributed by atoms with Crippen LogP contribution in [-0.2, 0) is 10.9 Å². The highest BCUT2D eigenvalue weighted by atomic mass is 32.1. The number of ether oxygens (including phenoxy) is 1. The van der Waals surface area contributed by atoms with Crippen molar-refractivity contribution in [1.82, 2.24) is 20.2 Å². The molecule has 0 atom stereocenters. The van der Waals surface area contributed by atoms with Crippen molar-refractivity contribution in [2.45, 2.75) is 20.0 Å². The number of nitrogens with zero attached hydrogens (tertiary/aromatic N) is 4. The maximum absolute atomic E-state index is 12.8. The molecule has 0 spiro atoms. The van der Waals surface area contributed by atoms with E-state index in [-0.39, 0.29) is 5.11 Å². The van der Waals surface area contributed by atoms with Gasteiger partial charge in [0.25, 0.3) is 0 Å². The molecule has 0 bridgehead atoms. The summed E-state index contributed by atoms with van der Waals surface area (Å²) in [5.74, 6) is 0.695. The molecule has 0 amide bonds. The number of halogens is 3. The molecule has 0 unspecified atom stereocenters. The van der Waals surface area contributed by atoms with Gasteiger partial charge in [-0.1, -0.05) is 0 Å². The van der Waals surface area contributed by atoms with E-state index < -0.39 is 11.7 Å². The zero-order chi connectivity index (χ0) is 23.8. The number of thiocarbonyl (C=S) groups is 1.